The third-order valence-electron chi connectivity index (χ3n) is 16.0. The van der Waals surface area contributed by atoms with Crippen LogP contribution in [-0.4, -0.2) is 34.2 Å². The molecule has 1 aromatic carbocycles. The minimum Gasteiger partial charge on any atom is -0.481 e. The summed E-state index contributed by atoms with van der Waals surface area (Å²) in [4.78, 5) is 36.8. The van der Waals surface area contributed by atoms with E-state index in [1.807, 2.05) is 12.1 Å². The van der Waals surface area contributed by atoms with Gasteiger partial charge in [-0.05, 0) is 143 Å². The molecule has 6 heteroatoms. The number of hydrogen-bond donors (Lipinski definition) is 2. The molecule has 6 rings (SSSR count). The van der Waals surface area contributed by atoms with Crippen molar-refractivity contribution in [2.75, 3.05) is 0 Å². The van der Waals surface area contributed by atoms with Crippen molar-refractivity contribution in [1.29, 1.82) is 0 Å². The topological polar surface area (TPSA) is 101 Å². The number of carboxylic acid groups (broad SMARTS) is 2. The average Bonchev–Trinajstić information content (AvgIpc) is 3.42. The Hall–Kier alpha value is -3.07. The van der Waals surface area contributed by atoms with Crippen molar-refractivity contribution in [3.63, 3.8) is 0 Å². The third-order valence-corrected chi connectivity index (χ3v) is 16.0. The lowest BCUT2D eigenvalue weighted by Crippen LogP contribution is -2.66. The standard InChI is InChI=1S/C44H60O6/c1-27(2)29-17-23-44(22-16-28-12-10-11-13-30(28)37(46)47)25-24-42(8)31(36(29)44)14-15-33-41(7)20-19-34(50-35(45)26-39(3,4)38(48)49)40(5,6)32(41)18-21-43(33,42)9/h10-13,29,31-34,36H,1,14-15,17-21,23-26H2,2-9H3,(H,46,47)(H,48,49)/t29-,31+,32-,33+,34-,36+,41-,42+,43+,44+/m0/s1. The van der Waals surface area contributed by atoms with Crippen molar-refractivity contribution in [3.05, 3.63) is 47.5 Å². The predicted octanol–water partition coefficient (Wildman–Crippen LogP) is 9.81. The Morgan fingerprint density at radius 2 is 1.58 bits per heavy atom. The van der Waals surface area contributed by atoms with Crippen LogP contribution in [-0.2, 0) is 14.3 Å². The van der Waals surface area contributed by atoms with Crippen molar-refractivity contribution in [2.24, 2.45) is 62.1 Å². The molecule has 0 amide bonds. The molecule has 50 heavy (non-hydrogen) atoms. The molecule has 5 aliphatic carbocycles. The fraction of sp³-hybridized carbons (Fsp3) is 0.705. The molecule has 10 atom stereocenters. The summed E-state index contributed by atoms with van der Waals surface area (Å²) in [5, 5.41) is 19.5. The van der Waals surface area contributed by atoms with Gasteiger partial charge in [-0.2, -0.15) is 0 Å². The molecule has 0 unspecified atom stereocenters. The fourth-order valence-corrected chi connectivity index (χ4v) is 13.2. The Bertz CT molecular complexity index is 1640. The van der Waals surface area contributed by atoms with Gasteiger partial charge in [-0.1, -0.05) is 70.7 Å². The van der Waals surface area contributed by atoms with Gasteiger partial charge in [-0.15, -0.1) is 0 Å². The molecule has 0 radical (unpaired) electrons. The number of carbonyl (C=O) groups is 3. The zero-order valence-electron chi connectivity index (χ0n) is 31.8. The van der Waals surface area contributed by atoms with Crippen LogP contribution in [0.2, 0.25) is 0 Å². The van der Waals surface area contributed by atoms with Gasteiger partial charge >= 0.3 is 17.9 Å². The van der Waals surface area contributed by atoms with E-state index in [0.717, 1.165) is 51.4 Å². The average molecular weight is 685 g/mol. The number of carboxylic acids is 2. The van der Waals surface area contributed by atoms with E-state index in [0.29, 0.717) is 35.2 Å². The van der Waals surface area contributed by atoms with E-state index in [4.69, 9.17) is 4.74 Å². The summed E-state index contributed by atoms with van der Waals surface area (Å²) in [7, 11) is 0. The highest BCUT2D eigenvalue weighted by Crippen LogP contribution is 2.77. The Labute approximate surface area is 300 Å². The summed E-state index contributed by atoms with van der Waals surface area (Å²) in [5.74, 6) is 7.23. The maximum absolute atomic E-state index is 13.1. The van der Waals surface area contributed by atoms with Crippen molar-refractivity contribution in [1.82, 2.24) is 0 Å². The molecule has 272 valence electrons. The zero-order valence-corrected chi connectivity index (χ0v) is 31.8. The molecule has 5 fully saturated rings. The van der Waals surface area contributed by atoms with Crippen LogP contribution in [0, 0.1) is 73.9 Å². The molecule has 0 saturated heterocycles. The lowest BCUT2D eigenvalue weighted by Gasteiger charge is -2.72. The summed E-state index contributed by atoms with van der Waals surface area (Å²) in [5.41, 5.74) is 1.06. The summed E-state index contributed by atoms with van der Waals surface area (Å²) in [6.07, 6.45) is 10.4. The van der Waals surface area contributed by atoms with Crippen LogP contribution in [0.5, 0.6) is 0 Å². The summed E-state index contributed by atoms with van der Waals surface area (Å²) in [6, 6.07) is 7.15. The number of benzene rings is 1. The molecule has 0 heterocycles. The molecule has 0 aliphatic heterocycles. The van der Waals surface area contributed by atoms with Gasteiger partial charge in [0.25, 0.3) is 0 Å². The molecule has 0 aromatic heterocycles. The van der Waals surface area contributed by atoms with Gasteiger partial charge < -0.3 is 14.9 Å². The number of ether oxygens (including phenoxy) is 1. The molecular formula is C44H60O6. The van der Waals surface area contributed by atoms with Crippen LogP contribution in [0.1, 0.15) is 142 Å². The molecule has 6 nitrogen and oxygen atoms in total. The van der Waals surface area contributed by atoms with Gasteiger partial charge in [0.15, 0.2) is 0 Å². The Morgan fingerprint density at radius 3 is 2.24 bits per heavy atom. The second-order valence-corrected chi connectivity index (χ2v) is 19.1. The van der Waals surface area contributed by atoms with Gasteiger partial charge in [-0.25, -0.2) is 4.79 Å². The highest BCUT2D eigenvalue weighted by atomic mass is 16.5. The zero-order chi connectivity index (χ0) is 36.7. The van der Waals surface area contributed by atoms with Crippen molar-refractivity contribution in [3.8, 4) is 11.8 Å². The maximum Gasteiger partial charge on any atom is 0.336 e. The Kier molecular flexibility index (Phi) is 9.01. The highest BCUT2D eigenvalue weighted by molar-refractivity contribution is 5.90. The summed E-state index contributed by atoms with van der Waals surface area (Å²) < 4.78 is 6.17. The van der Waals surface area contributed by atoms with Gasteiger partial charge in [0, 0.05) is 16.4 Å². The molecule has 5 aliphatic rings. The van der Waals surface area contributed by atoms with E-state index in [1.54, 1.807) is 26.0 Å². The van der Waals surface area contributed by atoms with Crippen molar-refractivity contribution >= 4 is 17.9 Å². The van der Waals surface area contributed by atoms with E-state index in [1.165, 1.54) is 18.4 Å². The highest BCUT2D eigenvalue weighted by Gasteiger charge is 2.71. The largest absolute Gasteiger partial charge is 0.481 e. The minimum atomic E-state index is -1.15. The van der Waals surface area contributed by atoms with Gasteiger partial charge in [0.2, 0.25) is 0 Å². The third kappa shape index (κ3) is 5.47. The van der Waals surface area contributed by atoms with E-state index in [9.17, 15) is 24.6 Å². The number of rotatable bonds is 6. The monoisotopic (exact) mass is 684 g/mol. The van der Waals surface area contributed by atoms with Crippen LogP contribution in [0.25, 0.3) is 0 Å². The van der Waals surface area contributed by atoms with Crippen LogP contribution in [0.15, 0.2) is 36.4 Å². The van der Waals surface area contributed by atoms with Crippen molar-refractivity contribution in [2.45, 2.75) is 132 Å². The molecule has 0 spiro atoms. The number of esters is 1. The SMILES string of the molecule is C=C(C)[C@@H]1CC[C@]2(C#Cc3ccccc3C(=O)O)CC[C@]3(C)[C@H](CC[C@@H]4[C@@]5(C)CC[C@H](OC(=O)CC(C)(C)C(=O)O)C(C)(C)[C@@H]5CC[C@]43C)[C@@H]12. The predicted molar refractivity (Wildman–Crippen MR) is 195 cm³/mol. The van der Waals surface area contributed by atoms with Gasteiger partial charge in [0.1, 0.15) is 6.10 Å². The number of fused-ring (bicyclic) bond motifs is 7. The number of carbonyl (C=O) groups excluding carboxylic acids is 1. The smallest absolute Gasteiger partial charge is 0.336 e. The van der Waals surface area contributed by atoms with E-state index < -0.39 is 23.3 Å². The second kappa shape index (κ2) is 12.3. The van der Waals surface area contributed by atoms with Crippen LogP contribution in [0.4, 0.5) is 0 Å². The van der Waals surface area contributed by atoms with Crippen LogP contribution < -0.4 is 0 Å². The Morgan fingerprint density at radius 1 is 0.880 bits per heavy atom. The fourth-order valence-electron chi connectivity index (χ4n) is 13.2. The lowest BCUT2D eigenvalue weighted by atomic mass is 9.32. The summed E-state index contributed by atoms with van der Waals surface area (Å²) in [6.45, 7) is 22.2. The molecule has 2 N–H and O–H groups in total. The van der Waals surface area contributed by atoms with Gasteiger partial charge in [0.05, 0.1) is 17.4 Å². The van der Waals surface area contributed by atoms with Crippen molar-refractivity contribution < 1.29 is 29.3 Å². The molecule has 5 saturated carbocycles. The first-order chi connectivity index (χ1) is 23.2. The van der Waals surface area contributed by atoms with Crippen LogP contribution >= 0.6 is 0 Å². The molecule has 1 aromatic rings. The molecule has 0 bridgehead atoms. The summed E-state index contributed by atoms with van der Waals surface area (Å²) >= 11 is 0. The first-order valence-corrected chi connectivity index (χ1v) is 19.2. The quantitative estimate of drug-likeness (QED) is 0.176. The number of allylic oxidation sites excluding steroid dienone is 1. The normalized spacial score (nSPS) is 40.1. The first-order valence-electron chi connectivity index (χ1n) is 19.2. The van der Waals surface area contributed by atoms with E-state index >= 15 is 0 Å². The Balaban J connectivity index is 1.29. The number of hydrogen-bond acceptors (Lipinski definition) is 4. The minimum absolute atomic E-state index is 0.117. The first kappa shape index (κ1) is 36.7. The number of aromatic carboxylic acids is 1. The van der Waals surface area contributed by atoms with Crippen LogP contribution in [0.3, 0.4) is 0 Å². The number of aliphatic carboxylic acids is 1. The second-order valence-electron chi connectivity index (χ2n) is 19.1. The van der Waals surface area contributed by atoms with Gasteiger partial charge in [-0.3, -0.25) is 9.59 Å². The van der Waals surface area contributed by atoms with E-state index in [2.05, 4.69) is 60.0 Å². The molecular weight excluding hydrogens is 624 g/mol. The maximum atomic E-state index is 13.1. The van der Waals surface area contributed by atoms with E-state index in [-0.39, 0.29) is 45.2 Å². The lowest BCUT2D eigenvalue weighted by molar-refractivity contribution is -0.247.